The molecule has 1 aromatic carbocycles. The molecule has 0 spiro atoms. The van der Waals surface area contributed by atoms with Crippen molar-refractivity contribution in [2.24, 2.45) is 0 Å². The third-order valence-electron chi connectivity index (χ3n) is 4.47. The number of rotatable bonds is 3. The molecule has 0 saturated heterocycles. The lowest BCUT2D eigenvalue weighted by Crippen LogP contribution is -2.22. The minimum Gasteiger partial charge on any atom is -0.345 e. The summed E-state index contributed by atoms with van der Waals surface area (Å²) in [6.07, 6.45) is 3.46. The highest BCUT2D eigenvalue weighted by molar-refractivity contribution is 7.09. The van der Waals surface area contributed by atoms with Crippen LogP contribution in [0.4, 0.5) is 0 Å². The molecule has 0 fully saturated rings. The molecule has 7 heteroatoms. The SMILES string of the molecule is Cc1nc(-c2ncc(-c3cc(C(=O)N(C)C)c4cccc(C)c4n3)cn2)cs1. The second-order valence-electron chi connectivity index (χ2n) is 6.77. The van der Waals surface area contributed by atoms with Gasteiger partial charge in [0.2, 0.25) is 0 Å². The van der Waals surface area contributed by atoms with E-state index in [-0.39, 0.29) is 5.91 Å². The summed E-state index contributed by atoms with van der Waals surface area (Å²) in [4.78, 5) is 32.4. The number of amides is 1. The second kappa shape index (κ2) is 7.09. The molecular formula is C21H19N5OS. The molecule has 1 amide bonds. The minimum atomic E-state index is -0.0604. The van der Waals surface area contributed by atoms with Gasteiger partial charge in [0.05, 0.1) is 21.8 Å². The number of benzene rings is 1. The monoisotopic (exact) mass is 389 g/mol. The van der Waals surface area contributed by atoms with Crippen LogP contribution in [0.15, 0.2) is 42.0 Å². The number of para-hydroxylation sites is 1. The summed E-state index contributed by atoms with van der Waals surface area (Å²) >= 11 is 1.57. The van der Waals surface area contributed by atoms with Gasteiger partial charge >= 0.3 is 0 Å². The Morgan fingerprint density at radius 2 is 1.79 bits per heavy atom. The highest BCUT2D eigenvalue weighted by atomic mass is 32.1. The van der Waals surface area contributed by atoms with Gasteiger partial charge in [-0.15, -0.1) is 11.3 Å². The number of fused-ring (bicyclic) bond motifs is 1. The van der Waals surface area contributed by atoms with E-state index >= 15 is 0 Å². The van der Waals surface area contributed by atoms with Crippen LogP contribution in [0.3, 0.4) is 0 Å². The molecule has 0 aliphatic heterocycles. The number of pyridine rings is 1. The fourth-order valence-corrected chi connectivity index (χ4v) is 3.61. The van der Waals surface area contributed by atoms with E-state index in [4.69, 9.17) is 4.98 Å². The molecule has 0 aliphatic rings. The van der Waals surface area contributed by atoms with Crippen LogP contribution >= 0.6 is 11.3 Å². The Kier molecular flexibility index (Phi) is 4.60. The fraction of sp³-hybridized carbons (Fsp3) is 0.190. The van der Waals surface area contributed by atoms with E-state index < -0.39 is 0 Å². The first-order valence-corrected chi connectivity index (χ1v) is 9.69. The molecule has 0 saturated carbocycles. The number of carbonyl (C=O) groups is 1. The number of nitrogens with zero attached hydrogens (tertiary/aromatic N) is 5. The zero-order chi connectivity index (χ0) is 19.8. The first-order chi connectivity index (χ1) is 13.4. The fourth-order valence-electron chi connectivity index (χ4n) is 3.02. The largest absolute Gasteiger partial charge is 0.345 e. The Balaban J connectivity index is 1.84. The predicted octanol–water partition coefficient (Wildman–Crippen LogP) is 4.13. The van der Waals surface area contributed by atoms with Gasteiger partial charge in [0, 0.05) is 42.8 Å². The van der Waals surface area contributed by atoms with Gasteiger partial charge in [-0.2, -0.15) is 0 Å². The molecule has 4 rings (SSSR count). The normalized spacial score (nSPS) is 11.0. The van der Waals surface area contributed by atoms with E-state index in [1.165, 1.54) is 0 Å². The van der Waals surface area contributed by atoms with Crippen LogP contribution in [0, 0.1) is 13.8 Å². The Bertz CT molecular complexity index is 1180. The highest BCUT2D eigenvalue weighted by Crippen LogP contribution is 2.27. The number of aryl methyl sites for hydroxylation is 2. The van der Waals surface area contributed by atoms with Crippen LogP contribution in [-0.4, -0.2) is 44.8 Å². The smallest absolute Gasteiger partial charge is 0.254 e. The molecule has 0 atom stereocenters. The Morgan fingerprint density at radius 3 is 2.43 bits per heavy atom. The van der Waals surface area contributed by atoms with Gasteiger partial charge in [-0.1, -0.05) is 18.2 Å². The van der Waals surface area contributed by atoms with Crippen molar-refractivity contribution in [3.63, 3.8) is 0 Å². The van der Waals surface area contributed by atoms with E-state index in [0.717, 1.165) is 32.7 Å². The molecule has 28 heavy (non-hydrogen) atoms. The molecule has 0 aliphatic carbocycles. The van der Waals surface area contributed by atoms with E-state index in [1.807, 2.05) is 43.5 Å². The van der Waals surface area contributed by atoms with Crippen LogP contribution in [0.25, 0.3) is 33.7 Å². The maximum absolute atomic E-state index is 12.8. The van der Waals surface area contributed by atoms with Crippen molar-refractivity contribution >= 4 is 28.1 Å². The summed E-state index contributed by atoms with van der Waals surface area (Å²) in [6.45, 7) is 3.94. The second-order valence-corrected chi connectivity index (χ2v) is 7.84. The molecule has 0 unspecified atom stereocenters. The van der Waals surface area contributed by atoms with Crippen molar-refractivity contribution in [1.29, 1.82) is 0 Å². The molecule has 0 radical (unpaired) electrons. The first-order valence-electron chi connectivity index (χ1n) is 8.81. The lowest BCUT2D eigenvalue weighted by atomic mass is 10.0. The van der Waals surface area contributed by atoms with Gasteiger partial charge in [0.15, 0.2) is 5.82 Å². The quantitative estimate of drug-likeness (QED) is 0.527. The molecule has 0 N–H and O–H groups in total. The average molecular weight is 389 g/mol. The van der Waals surface area contributed by atoms with Crippen LogP contribution < -0.4 is 0 Å². The molecule has 3 aromatic heterocycles. The van der Waals surface area contributed by atoms with Crippen LogP contribution in [-0.2, 0) is 0 Å². The maximum Gasteiger partial charge on any atom is 0.254 e. The number of aromatic nitrogens is 4. The summed E-state index contributed by atoms with van der Waals surface area (Å²) in [6, 6.07) is 7.68. The van der Waals surface area contributed by atoms with Crippen molar-refractivity contribution in [3.8, 4) is 22.8 Å². The standard InChI is InChI=1S/C21H19N5OS/c1-12-6-5-7-15-16(21(27)26(3)4)8-17(25-19(12)15)14-9-22-20(23-10-14)18-11-28-13(2)24-18/h5-11H,1-4H3. The van der Waals surface area contributed by atoms with Crippen LogP contribution in [0.1, 0.15) is 20.9 Å². The Labute approximate surface area is 166 Å². The Morgan fingerprint density at radius 1 is 1.04 bits per heavy atom. The number of hydrogen-bond donors (Lipinski definition) is 0. The van der Waals surface area contributed by atoms with Gasteiger partial charge in [-0.25, -0.2) is 19.9 Å². The van der Waals surface area contributed by atoms with Crippen molar-refractivity contribution in [3.05, 3.63) is 58.2 Å². The van der Waals surface area contributed by atoms with Gasteiger partial charge in [-0.3, -0.25) is 4.79 Å². The summed E-state index contributed by atoms with van der Waals surface area (Å²) < 4.78 is 0. The molecule has 140 valence electrons. The van der Waals surface area contributed by atoms with Crippen LogP contribution in [0.5, 0.6) is 0 Å². The molecule has 3 heterocycles. The highest BCUT2D eigenvalue weighted by Gasteiger charge is 2.17. The first kappa shape index (κ1) is 18.2. The maximum atomic E-state index is 12.8. The van der Waals surface area contributed by atoms with E-state index in [9.17, 15) is 4.79 Å². The third-order valence-corrected chi connectivity index (χ3v) is 5.25. The van der Waals surface area contributed by atoms with E-state index in [2.05, 4.69) is 15.0 Å². The molecule has 4 aromatic rings. The summed E-state index contributed by atoms with van der Waals surface area (Å²) in [5.74, 6) is 0.518. The predicted molar refractivity (Wildman–Crippen MR) is 111 cm³/mol. The van der Waals surface area contributed by atoms with Gasteiger partial charge < -0.3 is 4.90 Å². The van der Waals surface area contributed by atoms with Crippen LogP contribution in [0.2, 0.25) is 0 Å². The lowest BCUT2D eigenvalue weighted by Gasteiger charge is -2.14. The van der Waals surface area contributed by atoms with Crippen molar-refractivity contribution in [2.45, 2.75) is 13.8 Å². The third kappa shape index (κ3) is 3.25. The van der Waals surface area contributed by atoms with Crippen molar-refractivity contribution in [1.82, 2.24) is 24.8 Å². The van der Waals surface area contributed by atoms with Gasteiger partial charge in [0.25, 0.3) is 5.91 Å². The summed E-state index contributed by atoms with van der Waals surface area (Å²) in [7, 11) is 3.50. The number of thiazole rings is 1. The Hall–Kier alpha value is -3.19. The van der Waals surface area contributed by atoms with Crippen molar-refractivity contribution < 1.29 is 4.79 Å². The average Bonchev–Trinajstić information content (AvgIpc) is 3.13. The van der Waals surface area contributed by atoms with Crippen molar-refractivity contribution in [2.75, 3.05) is 14.1 Å². The van der Waals surface area contributed by atoms with Gasteiger partial charge in [0.1, 0.15) is 5.69 Å². The lowest BCUT2D eigenvalue weighted by molar-refractivity contribution is 0.0829. The molecular weight excluding hydrogens is 370 g/mol. The zero-order valence-corrected chi connectivity index (χ0v) is 16.9. The zero-order valence-electron chi connectivity index (χ0n) is 16.1. The number of hydrogen-bond acceptors (Lipinski definition) is 6. The number of carbonyl (C=O) groups excluding carboxylic acids is 1. The van der Waals surface area contributed by atoms with E-state index in [0.29, 0.717) is 17.1 Å². The van der Waals surface area contributed by atoms with E-state index in [1.54, 1.807) is 42.7 Å². The topological polar surface area (TPSA) is 71.9 Å². The summed E-state index contributed by atoms with van der Waals surface area (Å²) in [5.41, 5.74) is 4.64. The summed E-state index contributed by atoms with van der Waals surface area (Å²) in [5, 5.41) is 3.76. The molecule has 0 bridgehead atoms. The minimum absolute atomic E-state index is 0.0604. The van der Waals surface area contributed by atoms with Gasteiger partial charge in [-0.05, 0) is 25.5 Å². The molecule has 6 nitrogen and oxygen atoms in total.